The van der Waals surface area contributed by atoms with Crippen LogP contribution in [-0.4, -0.2) is 104 Å². The molecule has 0 N–H and O–H groups in total. The van der Waals surface area contributed by atoms with Crippen molar-refractivity contribution in [3.63, 3.8) is 0 Å². The Morgan fingerprint density at radius 2 is 1.14 bits per heavy atom. The molecule has 3 radical (unpaired) electrons. The summed E-state index contributed by atoms with van der Waals surface area (Å²) in [5, 5.41) is 5.60. The molecule has 4 aromatic rings. The van der Waals surface area contributed by atoms with Crippen LogP contribution >= 0.6 is 15.9 Å². The number of aromatic nitrogens is 4. The van der Waals surface area contributed by atoms with Crippen LogP contribution in [0.2, 0.25) is 0 Å². The normalized spacial score (nSPS) is 16.7. The molecule has 43 heavy (non-hydrogen) atoms. The number of likely N-dealkylation sites (N-methyl/N-ethyl adjacent to an activating group) is 2. The van der Waals surface area contributed by atoms with Crippen molar-refractivity contribution in [2.75, 3.05) is 76.5 Å². The number of hydrogen-bond acceptors (Lipinski definition) is 8. The van der Waals surface area contributed by atoms with E-state index in [-0.39, 0.29) is 31.8 Å². The lowest BCUT2D eigenvalue weighted by Gasteiger charge is -2.36. The average molecular weight is 650 g/mol. The summed E-state index contributed by atoms with van der Waals surface area (Å²) in [7, 11) is 4.21. The molecule has 0 aliphatic carbocycles. The summed E-state index contributed by atoms with van der Waals surface area (Å²) < 4.78 is 3.55. The zero-order valence-electron chi connectivity index (χ0n) is 24.9. The van der Waals surface area contributed by atoms with Gasteiger partial charge < -0.3 is 19.8 Å². The molecule has 1 unspecified atom stereocenters. The van der Waals surface area contributed by atoms with Gasteiger partial charge in [0.15, 0.2) is 0 Å². The van der Waals surface area contributed by atoms with Crippen molar-refractivity contribution in [3.05, 3.63) is 80.9 Å². The molecule has 6 rings (SSSR count). The van der Waals surface area contributed by atoms with Gasteiger partial charge in [-0.2, -0.15) is 0 Å². The van der Waals surface area contributed by atoms with E-state index >= 15 is 0 Å². The van der Waals surface area contributed by atoms with Crippen molar-refractivity contribution in [1.29, 1.82) is 0 Å². The Hall–Kier alpha value is -3.22. The minimum absolute atomic E-state index is 0. The number of halogens is 1. The molecule has 2 aliphatic rings. The van der Waals surface area contributed by atoms with Crippen LogP contribution in [0.4, 0.5) is 0 Å². The first-order chi connectivity index (χ1) is 19.8. The van der Waals surface area contributed by atoms with Gasteiger partial charge in [0.25, 0.3) is 11.1 Å². The van der Waals surface area contributed by atoms with Gasteiger partial charge in [0.2, 0.25) is 0 Å². The van der Waals surface area contributed by atoms with Gasteiger partial charge in [-0.05, 0) is 45.3 Å². The highest BCUT2D eigenvalue weighted by Crippen LogP contribution is 2.21. The first-order valence-corrected chi connectivity index (χ1v) is 15.2. The van der Waals surface area contributed by atoms with Crippen LogP contribution in [0.15, 0.2) is 58.1 Å². The fraction of sp³-hybridized carbons (Fsp3) is 0.484. The highest BCUT2D eigenvalue weighted by molar-refractivity contribution is 9.09. The van der Waals surface area contributed by atoms with E-state index in [0.29, 0.717) is 10.8 Å². The van der Waals surface area contributed by atoms with Gasteiger partial charge in [0, 0.05) is 67.2 Å². The number of aryl methyl sites for hydroxylation is 1. The lowest BCUT2D eigenvalue weighted by atomic mass is 10.2. The number of para-hydroxylation sites is 2. The number of alkyl halides is 1. The highest BCUT2D eigenvalue weighted by atomic mass is 79.9. The van der Waals surface area contributed by atoms with Gasteiger partial charge in [0.1, 0.15) is 11.6 Å². The second kappa shape index (κ2) is 15.0. The highest BCUT2D eigenvalue weighted by Gasteiger charge is 2.22. The van der Waals surface area contributed by atoms with Crippen LogP contribution in [0.5, 0.6) is 0 Å². The Bertz CT molecular complexity index is 1630. The van der Waals surface area contributed by atoms with Crippen LogP contribution in [0.25, 0.3) is 21.8 Å². The number of rotatable bonds is 4. The summed E-state index contributed by atoms with van der Waals surface area (Å²) in [6.07, 6.45) is 0.756. The number of nitrogens with zero attached hydrogens (tertiary/aromatic N) is 8. The molecule has 0 spiro atoms. The molecule has 1 atom stereocenters. The van der Waals surface area contributed by atoms with E-state index in [1.165, 1.54) is 0 Å². The molecule has 0 amide bonds. The van der Waals surface area contributed by atoms with Crippen LogP contribution in [-0.2, 0) is 6.42 Å². The van der Waals surface area contributed by atoms with Gasteiger partial charge in [0.05, 0.1) is 26.6 Å². The number of hydrogen-bond donors (Lipinski definition) is 0. The topological polar surface area (TPSA) is 82.7 Å². The number of benzene rings is 2. The maximum Gasteiger partial charge on any atom is 0.280 e. The van der Waals surface area contributed by atoms with Crippen molar-refractivity contribution >= 4 is 46.1 Å². The molecule has 2 fully saturated rings. The van der Waals surface area contributed by atoms with Gasteiger partial charge in [-0.25, -0.2) is 19.3 Å². The smallest absolute Gasteiger partial charge is 0.280 e. The minimum Gasteiger partial charge on any atom is -0.306 e. The van der Waals surface area contributed by atoms with E-state index in [4.69, 9.17) is 4.98 Å². The van der Waals surface area contributed by atoms with Gasteiger partial charge >= 0.3 is 0 Å². The lowest BCUT2D eigenvalue weighted by Crippen LogP contribution is -2.54. The third-order valence-electron chi connectivity index (χ3n) is 7.80. The summed E-state index contributed by atoms with van der Waals surface area (Å²) in [5.74, 6) is 1.61. The fourth-order valence-electron chi connectivity index (χ4n) is 5.35. The molecule has 0 bridgehead atoms. The SMILES string of the molecule is C.CC(Br)c1nc2ccccc2c(=O)n1N1CCN(C)CC1.CCc1nc2ccccc2c(=O)n1N1CCN(C)CC1.[B]. The monoisotopic (exact) mass is 649 g/mol. The summed E-state index contributed by atoms with van der Waals surface area (Å²) in [5.41, 5.74) is 1.62. The van der Waals surface area contributed by atoms with E-state index in [2.05, 4.69) is 54.8 Å². The first kappa shape index (κ1) is 34.3. The maximum atomic E-state index is 12.9. The molecule has 2 aliphatic heterocycles. The van der Waals surface area contributed by atoms with Crippen molar-refractivity contribution in [2.45, 2.75) is 32.5 Å². The largest absolute Gasteiger partial charge is 0.306 e. The zero-order valence-corrected chi connectivity index (χ0v) is 26.5. The van der Waals surface area contributed by atoms with Crippen molar-refractivity contribution in [1.82, 2.24) is 29.1 Å². The van der Waals surface area contributed by atoms with Crippen molar-refractivity contribution in [3.8, 4) is 0 Å². The molecule has 12 heteroatoms. The average Bonchev–Trinajstić information content (AvgIpc) is 2.98. The minimum atomic E-state index is 0. The fourth-order valence-corrected chi connectivity index (χ4v) is 5.65. The van der Waals surface area contributed by atoms with Gasteiger partial charge in [-0.1, -0.05) is 54.5 Å². The third-order valence-corrected chi connectivity index (χ3v) is 8.21. The zero-order chi connectivity index (χ0) is 29.1. The molecule has 2 aromatic carbocycles. The van der Waals surface area contributed by atoms with Crippen molar-refractivity contribution in [2.24, 2.45) is 0 Å². The van der Waals surface area contributed by atoms with Crippen LogP contribution < -0.4 is 21.1 Å². The van der Waals surface area contributed by atoms with E-state index in [1.54, 1.807) is 9.35 Å². The van der Waals surface area contributed by atoms with Crippen LogP contribution in [0, 0.1) is 0 Å². The molecule has 229 valence electrons. The molecular weight excluding hydrogens is 607 g/mol. The van der Waals surface area contributed by atoms with E-state index in [9.17, 15) is 9.59 Å². The third kappa shape index (κ3) is 7.30. The van der Waals surface area contributed by atoms with Crippen LogP contribution in [0.1, 0.15) is 37.8 Å². The summed E-state index contributed by atoms with van der Waals surface area (Å²) in [6.45, 7) is 11.3. The Labute approximate surface area is 264 Å². The summed E-state index contributed by atoms with van der Waals surface area (Å²) in [4.78, 5) is 39.6. The molecular formula is C31H43BBrN8O2. The number of fused-ring (bicyclic) bond motifs is 2. The standard InChI is InChI=1S/C15H19BrN4O.C15H20N4O.CH4.B/c1-11(16)14-17-13-6-4-3-5-12(13)15(21)20(14)19-9-7-18(2)8-10-19;1-3-14-16-13-7-5-4-6-12(13)15(20)19(14)18-10-8-17(2)9-11-18;;/h3-6,11H,7-10H2,1-2H3;4-7H,3,8-11H2,1-2H3;1H4;. The quantitative estimate of drug-likeness (QED) is 0.247. The van der Waals surface area contributed by atoms with Gasteiger partial charge in [-0.3, -0.25) is 9.59 Å². The molecule has 0 saturated carbocycles. The Balaban J connectivity index is 0.000000225. The van der Waals surface area contributed by atoms with E-state index < -0.39 is 0 Å². The second-order valence-corrected chi connectivity index (χ2v) is 12.1. The molecule has 2 saturated heterocycles. The van der Waals surface area contributed by atoms with E-state index in [1.807, 2.05) is 62.4 Å². The number of piperazine rings is 2. The van der Waals surface area contributed by atoms with Gasteiger partial charge in [-0.15, -0.1) is 0 Å². The molecule has 4 heterocycles. The summed E-state index contributed by atoms with van der Waals surface area (Å²) >= 11 is 3.57. The molecule has 10 nitrogen and oxygen atoms in total. The first-order valence-electron chi connectivity index (χ1n) is 14.3. The Kier molecular flexibility index (Phi) is 11.9. The van der Waals surface area contributed by atoms with E-state index in [0.717, 1.165) is 81.5 Å². The second-order valence-electron chi connectivity index (χ2n) is 10.7. The summed E-state index contributed by atoms with van der Waals surface area (Å²) in [6, 6.07) is 15.1. The lowest BCUT2D eigenvalue weighted by molar-refractivity contribution is 0.283. The van der Waals surface area contributed by atoms with Crippen LogP contribution in [0.3, 0.4) is 0 Å². The maximum absolute atomic E-state index is 12.9. The molecule has 2 aromatic heterocycles. The predicted octanol–water partition coefficient (Wildman–Crippen LogP) is 2.83. The Morgan fingerprint density at radius 1 is 0.721 bits per heavy atom. The Morgan fingerprint density at radius 3 is 1.60 bits per heavy atom. The van der Waals surface area contributed by atoms with Crippen molar-refractivity contribution < 1.29 is 0 Å². The predicted molar refractivity (Wildman–Crippen MR) is 182 cm³/mol.